The van der Waals surface area contributed by atoms with Crippen LogP contribution in [0.5, 0.6) is 0 Å². The molecule has 1 fully saturated rings. The van der Waals surface area contributed by atoms with Gasteiger partial charge in [0.2, 0.25) is 0 Å². The quantitative estimate of drug-likeness (QED) is 0.792. The number of aryl methyl sites for hydroxylation is 3. The molecule has 20 heavy (non-hydrogen) atoms. The van der Waals surface area contributed by atoms with E-state index in [1.165, 1.54) is 33.8 Å². The minimum atomic E-state index is -0.116. The Morgan fingerprint density at radius 2 is 2.00 bits per heavy atom. The minimum absolute atomic E-state index is 0.106. The summed E-state index contributed by atoms with van der Waals surface area (Å²) in [6.45, 7) is 6.81. The van der Waals surface area contributed by atoms with E-state index >= 15 is 0 Å². The highest BCUT2D eigenvalue weighted by atomic mass is 32.2. The highest BCUT2D eigenvalue weighted by Gasteiger charge is 2.28. The molecule has 2 heterocycles. The van der Waals surface area contributed by atoms with Crippen LogP contribution in [0, 0.1) is 20.8 Å². The zero-order valence-corrected chi connectivity index (χ0v) is 12.7. The van der Waals surface area contributed by atoms with E-state index in [2.05, 4.69) is 39.0 Å². The number of fused-ring (bicyclic) bond motifs is 1. The molecule has 0 unspecified atom stereocenters. The van der Waals surface area contributed by atoms with Crippen LogP contribution in [0.4, 0.5) is 0 Å². The summed E-state index contributed by atoms with van der Waals surface area (Å²) >= 11 is 1.52. The second-order valence-electron chi connectivity index (χ2n) is 5.32. The SMILES string of the molecule is Cc1cc(C)c2nc(S[C@H]3CCOC3=O)cc(C)c2c1. The third-order valence-electron chi connectivity index (χ3n) is 3.58. The van der Waals surface area contributed by atoms with Gasteiger partial charge in [0.25, 0.3) is 0 Å². The first-order chi connectivity index (χ1) is 9.54. The molecule has 4 heteroatoms. The van der Waals surface area contributed by atoms with Gasteiger partial charge in [-0.2, -0.15) is 0 Å². The first kappa shape index (κ1) is 13.4. The Hall–Kier alpha value is -1.55. The van der Waals surface area contributed by atoms with Gasteiger partial charge in [-0.25, -0.2) is 4.98 Å². The predicted octanol–water partition coefficient (Wildman–Crippen LogP) is 3.57. The molecule has 3 nitrogen and oxygen atoms in total. The largest absolute Gasteiger partial charge is 0.465 e. The van der Waals surface area contributed by atoms with Crippen molar-refractivity contribution in [3.8, 4) is 0 Å². The number of hydrogen-bond donors (Lipinski definition) is 0. The van der Waals surface area contributed by atoms with Crippen LogP contribution in [-0.2, 0) is 9.53 Å². The van der Waals surface area contributed by atoms with Gasteiger partial charge in [0.1, 0.15) is 5.25 Å². The number of ether oxygens (including phenoxy) is 1. The van der Waals surface area contributed by atoms with Crippen LogP contribution >= 0.6 is 11.8 Å². The zero-order valence-electron chi connectivity index (χ0n) is 11.9. The Morgan fingerprint density at radius 3 is 2.70 bits per heavy atom. The number of hydrogen-bond acceptors (Lipinski definition) is 4. The van der Waals surface area contributed by atoms with E-state index in [0.29, 0.717) is 6.61 Å². The van der Waals surface area contributed by atoms with E-state index in [0.717, 1.165) is 17.0 Å². The monoisotopic (exact) mass is 287 g/mol. The van der Waals surface area contributed by atoms with Crippen LogP contribution in [0.2, 0.25) is 0 Å². The number of esters is 1. The number of carbonyl (C=O) groups is 1. The number of rotatable bonds is 2. The van der Waals surface area contributed by atoms with E-state index in [1.54, 1.807) is 0 Å². The Bertz CT molecular complexity index is 696. The van der Waals surface area contributed by atoms with Gasteiger partial charge in [-0.3, -0.25) is 4.79 Å². The number of thioether (sulfide) groups is 1. The van der Waals surface area contributed by atoms with Gasteiger partial charge in [0, 0.05) is 11.8 Å². The van der Waals surface area contributed by atoms with Crippen LogP contribution in [0.25, 0.3) is 10.9 Å². The number of cyclic esters (lactones) is 1. The molecular weight excluding hydrogens is 270 g/mol. The molecule has 1 aromatic heterocycles. The third-order valence-corrected chi connectivity index (χ3v) is 4.75. The highest BCUT2D eigenvalue weighted by Crippen LogP contribution is 2.32. The van der Waals surface area contributed by atoms with Crippen LogP contribution in [-0.4, -0.2) is 22.8 Å². The standard InChI is InChI=1S/C16H17NO2S/c1-9-6-11(3)15-12(7-9)10(2)8-14(17-15)20-13-4-5-19-16(13)18/h6-8,13H,4-5H2,1-3H3/t13-/m0/s1. The van der Waals surface area contributed by atoms with Crippen molar-refractivity contribution in [1.29, 1.82) is 0 Å². The molecule has 1 atom stereocenters. The summed E-state index contributed by atoms with van der Waals surface area (Å²) in [7, 11) is 0. The molecular formula is C16H17NO2S. The van der Waals surface area contributed by atoms with Crippen LogP contribution in [0.3, 0.4) is 0 Å². The number of benzene rings is 1. The number of aromatic nitrogens is 1. The molecule has 104 valence electrons. The molecule has 0 N–H and O–H groups in total. The van der Waals surface area contributed by atoms with Crippen molar-refractivity contribution in [2.45, 2.75) is 37.5 Å². The Morgan fingerprint density at radius 1 is 1.20 bits per heavy atom. The van der Waals surface area contributed by atoms with E-state index in [1.807, 2.05) is 0 Å². The molecule has 0 saturated carbocycles. The predicted molar refractivity (Wildman–Crippen MR) is 81.2 cm³/mol. The van der Waals surface area contributed by atoms with Gasteiger partial charge >= 0.3 is 5.97 Å². The molecule has 3 rings (SSSR count). The highest BCUT2D eigenvalue weighted by molar-refractivity contribution is 8.00. The number of nitrogens with zero attached hydrogens (tertiary/aromatic N) is 1. The summed E-state index contributed by atoms with van der Waals surface area (Å²) in [4.78, 5) is 16.3. The van der Waals surface area contributed by atoms with Gasteiger partial charge < -0.3 is 4.74 Å². The summed E-state index contributed by atoms with van der Waals surface area (Å²) in [5.74, 6) is -0.116. The average Bonchev–Trinajstić information content (AvgIpc) is 2.77. The summed E-state index contributed by atoms with van der Waals surface area (Å²) in [6.07, 6.45) is 0.773. The fourth-order valence-corrected chi connectivity index (χ4v) is 3.66. The maximum atomic E-state index is 11.6. The lowest BCUT2D eigenvalue weighted by Crippen LogP contribution is -2.09. The van der Waals surface area contributed by atoms with Gasteiger partial charge in [0.05, 0.1) is 17.1 Å². The van der Waals surface area contributed by atoms with E-state index in [4.69, 9.17) is 9.72 Å². The Kier molecular flexibility index (Phi) is 3.42. The maximum absolute atomic E-state index is 11.6. The molecule has 0 bridgehead atoms. The fraction of sp³-hybridized carbons (Fsp3) is 0.375. The molecule has 0 radical (unpaired) electrons. The van der Waals surface area contributed by atoms with Crippen LogP contribution in [0.1, 0.15) is 23.1 Å². The maximum Gasteiger partial charge on any atom is 0.319 e. The van der Waals surface area contributed by atoms with Gasteiger partial charge in [-0.15, -0.1) is 0 Å². The first-order valence-corrected chi connectivity index (χ1v) is 7.64. The van der Waals surface area contributed by atoms with Crippen molar-refractivity contribution in [1.82, 2.24) is 4.98 Å². The van der Waals surface area contributed by atoms with Gasteiger partial charge in [-0.1, -0.05) is 23.4 Å². The zero-order chi connectivity index (χ0) is 14.3. The Balaban J connectivity index is 2.03. The van der Waals surface area contributed by atoms with Crippen molar-refractivity contribution in [3.05, 3.63) is 34.9 Å². The molecule has 1 aliphatic rings. The van der Waals surface area contributed by atoms with Crippen LogP contribution in [0.15, 0.2) is 23.2 Å². The molecule has 1 saturated heterocycles. The van der Waals surface area contributed by atoms with Crippen molar-refractivity contribution in [2.75, 3.05) is 6.61 Å². The second-order valence-corrected chi connectivity index (χ2v) is 6.54. The second kappa shape index (κ2) is 5.09. The lowest BCUT2D eigenvalue weighted by molar-refractivity contribution is -0.137. The van der Waals surface area contributed by atoms with Crippen molar-refractivity contribution in [2.24, 2.45) is 0 Å². The molecule has 0 amide bonds. The molecule has 1 aliphatic heterocycles. The van der Waals surface area contributed by atoms with Gasteiger partial charge in [0.15, 0.2) is 0 Å². The van der Waals surface area contributed by atoms with E-state index in [-0.39, 0.29) is 11.2 Å². The van der Waals surface area contributed by atoms with Crippen molar-refractivity contribution < 1.29 is 9.53 Å². The normalized spacial score (nSPS) is 18.6. The number of pyridine rings is 1. The fourth-order valence-electron chi connectivity index (χ4n) is 2.60. The lowest BCUT2D eigenvalue weighted by Gasteiger charge is -2.11. The first-order valence-electron chi connectivity index (χ1n) is 6.76. The van der Waals surface area contributed by atoms with Gasteiger partial charge in [-0.05, 0) is 44.0 Å². The summed E-state index contributed by atoms with van der Waals surface area (Å²) < 4.78 is 5.01. The van der Waals surface area contributed by atoms with Crippen LogP contribution < -0.4 is 0 Å². The number of carbonyl (C=O) groups excluding carboxylic acids is 1. The van der Waals surface area contributed by atoms with E-state index in [9.17, 15) is 4.79 Å². The molecule has 0 spiro atoms. The summed E-state index contributed by atoms with van der Waals surface area (Å²) in [5, 5.41) is 2.00. The lowest BCUT2D eigenvalue weighted by atomic mass is 10.0. The third kappa shape index (κ3) is 2.40. The topological polar surface area (TPSA) is 39.2 Å². The summed E-state index contributed by atoms with van der Waals surface area (Å²) in [5.41, 5.74) is 4.67. The molecule has 1 aromatic carbocycles. The smallest absolute Gasteiger partial charge is 0.319 e. The van der Waals surface area contributed by atoms with Crippen molar-refractivity contribution in [3.63, 3.8) is 0 Å². The van der Waals surface area contributed by atoms with Crippen molar-refractivity contribution >= 4 is 28.6 Å². The Labute approximate surface area is 122 Å². The molecule has 2 aromatic rings. The average molecular weight is 287 g/mol. The summed E-state index contributed by atoms with van der Waals surface area (Å²) in [6, 6.07) is 6.38. The minimum Gasteiger partial charge on any atom is -0.465 e. The van der Waals surface area contributed by atoms with E-state index < -0.39 is 0 Å². The molecule has 0 aliphatic carbocycles.